The van der Waals surface area contributed by atoms with Crippen molar-refractivity contribution >= 4 is 65.5 Å². The fraction of sp³-hybridized carbons (Fsp3) is 0.120. The van der Waals surface area contributed by atoms with Crippen molar-refractivity contribution in [3.8, 4) is 17.6 Å². The van der Waals surface area contributed by atoms with E-state index in [1.807, 2.05) is 37.3 Å². The van der Waals surface area contributed by atoms with Crippen molar-refractivity contribution in [2.45, 2.75) is 13.5 Å². The van der Waals surface area contributed by atoms with Crippen molar-refractivity contribution < 1.29 is 14.3 Å². The van der Waals surface area contributed by atoms with Crippen LogP contribution in [-0.2, 0) is 11.4 Å². The molecule has 0 unspecified atom stereocenters. The maximum absolute atomic E-state index is 12.6. The fourth-order valence-electron chi connectivity index (χ4n) is 2.88. The van der Waals surface area contributed by atoms with E-state index in [1.54, 1.807) is 36.4 Å². The van der Waals surface area contributed by atoms with Gasteiger partial charge in [0.1, 0.15) is 29.7 Å². The molecule has 0 bridgehead atoms. The zero-order chi connectivity index (χ0) is 23.8. The van der Waals surface area contributed by atoms with E-state index in [-0.39, 0.29) is 5.57 Å². The minimum atomic E-state index is -0.506. The molecule has 0 aliphatic heterocycles. The molecule has 0 saturated carbocycles. The van der Waals surface area contributed by atoms with Gasteiger partial charge in [-0.25, -0.2) is 0 Å². The monoisotopic (exact) mass is 632 g/mol. The van der Waals surface area contributed by atoms with Crippen molar-refractivity contribution in [2.75, 3.05) is 11.9 Å². The largest absolute Gasteiger partial charge is 0.494 e. The number of ether oxygens (including phenoxy) is 2. The first-order chi connectivity index (χ1) is 15.9. The molecule has 1 N–H and O–H groups in total. The Balaban J connectivity index is 1.75. The number of hydrogen-bond acceptors (Lipinski definition) is 4. The van der Waals surface area contributed by atoms with Gasteiger partial charge in [-0.2, -0.15) is 5.26 Å². The Morgan fingerprint density at radius 2 is 1.73 bits per heavy atom. The van der Waals surface area contributed by atoms with E-state index in [9.17, 15) is 10.1 Å². The summed E-state index contributed by atoms with van der Waals surface area (Å²) in [5.41, 5.74) is 2.21. The number of nitrogens with zero attached hydrogens (tertiary/aromatic N) is 1. The van der Waals surface area contributed by atoms with E-state index < -0.39 is 5.91 Å². The molecular weight excluding hydrogens is 616 g/mol. The highest BCUT2D eigenvalue weighted by Gasteiger charge is 2.13. The van der Waals surface area contributed by atoms with Gasteiger partial charge in [0.2, 0.25) is 0 Å². The van der Waals surface area contributed by atoms with E-state index >= 15 is 0 Å². The number of benzene rings is 3. The van der Waals surface area contributed by atoms with Gasteiger partial charge in [-0.05, 0) is 92.4 Å². The van der Waals surface area contributed by atoms with Crippen molar-refractivity contribution in [1.82, 2.24) is 0 Å². The van der Waals surface area contributed by atoms with Crippen LogP contribution in [-0.4, -0.2) is 12.5 Å². The molecule has 1 amide bonds. The number of carbonyl (C=O) groups is 1. The summed E-state index contributed by atoms with van der Waals surface area (Å²) in [5.74, 6) is 0.768. The van der Waals surface area contributed by atoms with Gasteiger partial charge in [-0.1, -0.05) is 34.1 Å². The lowest BCUT2D eigenvalue weighted by molar-refractivity contribution is -0.112. The number of halogens is 3. The molecule has 8 heteroatoms. The van der Waals surface area contributed by atoms with Gasteiger partial charge in [0.05, 0.1) is 15.6 Å². The SMILES string of the molecule is CCOc1cccc(NC(=O)/C(C#N)=C\c2cc(Br)c(OCc3ccc(Br)cc3)c(Br)c2)c1. The number of amides is 1. The Morgan fingerprint density at radius 1 is 1.03 bits per heavy atom. The van der Waals surface area contributed by atoms with Crippen LogP contribution in [0.1, 0.15) is 18.1 Å². The third-order valence-corrected chi connectivity index (χ3v) is 6.10. The molecule has 0 atom stereocenters. The summed E-state index contributed by atoms with van der Waals surface area (Å²) in [5, 5.41) is 12.3. The van der Waals surface area contributed by atoms with E-state index in [4.69, 9.17) is 9.47 Å². The van der Waals surface area contributed by atoms with Crippen LogP contribution in [0.2, 0.25) is 0 Å². The molecule has 168 valence electrons. The van der Waals surface area contributed by atoms with Crippen LogP contribution in [0.15, 0.2) is 79.7 Å². The molecule has 0 aliphatic rings. The second kappa shape index (κ2) is 12.0. The van der Waals surface area contributed by atoms with Gasteiger partial charge in [-0.3, -0.25) is 4.79 Å². The highest BCUT2D eigenvalue weighted by molar-refractivity contribution is 9.11. The Morgan fingerprint density at radius 3 is 2.36 bits per heavy atom. The van der Waals surface area contributed by atoms with E-state index in [0.717, 1.165) is 10.0 Å². The van der Waals surface area contributed by atoms with Crippen LogP contribution >= 0.6 is 47.8 Å². The molecule has 33 heavy (non-hydrogen) atoms. The molecule has 5 nitrogen and oxygen atoms in total. The van der Waals surface area contributed by atoms with Crippen molar-refractivity contribution in [3.05, 3.63) is 90.8 Å². The molecule has 0 spiro atoms. The standard InChI is InChI=1S/C25H19Br3N2O3/c1-2-32-21-5-3-4-20(13-21)30-25(31)18(14-29)10-17-11-22(27)24(23(28)12-17)33-15-16-6-8-19(26)9-7-16/h3-13H,2,15H2,1H3,(H,30,31)/b18-10-. The number of hydrogen-bond donors (Lipinski definition) is 1. The Labute approximate surface area is 217 Å². The summed E-state index contributed by atoms with van der Waals surface area (Å²) in [6.07, 6.45) is 1.52. The number of rotatable bonds is 8. The van der Waals surface area contributed by atoms with Gasteiger partial charge in [0.25, 0.3) is 5.91 Å². The van der Waals surface area contributed by atoms with Crippen LogP contribution < -0.4 is 14.8 Å². The van der Waals surface area contributed by atoms with Gasteiger partial charge in [0, 0.05) is 16.2 Å². The first kappa shape index (κ1) is 25.0. The lowest BCUT2D eigenvalue weighted by Gasteiger charge is -2.12. The van der Waals surface area contributed by atoms with Crippen molar-refractivity contribution in [3.63, 3.8) is 0 Å². The van der Waals surface area contributed by atoms with E-state index in [2.05, 4.69) is 53.1 Å². The second-order valence-electron chi connectivity index (χ2n) is 6.81. The third-order valence-electron chi connectivity index (χ3n) is 4.40. The zero-order valence-electron chi connectivity index (χ0n) is 17.6. The lowest BCUT2D eigenvalue weighted by atomic mass is 10.1. The third kappa shape index (κ3) is 7.19. The average molecular weight is 635 g/mol. The summed E-state index contributed by atoms with van der Waals surface area (Å²) < 4.78 is 13.8. The minimum Gasteiger partial charge on any atom is -0.494 e. The normalized spacial score (nSPS) is 10.9. The van der Waals surface area contributed by atoms with E-state index in [0.29, 0.717) is 44.9 Å². The molecule has 0 heterocycles. The molecule has 0 aliphatic carbocycles. The van der Waals surface area contributed by atoms with Gasteiger partial charge in [0.15, 0.2) is 0 Å². The summed E-state index contributed by atoms with van der Waals surface area (Å²) in [7, 11) is 0. The maximum Gasteiger partial charge on any atom is 0.266 e. The van der Waals surface area contributed by atoms with Crippen LogP contribution in [0.25, 0.3) is 6.08 Å². The average Bonchev–Trinajstić information content (AvgIpc) is 2.78. The second-order valence-corrected chi connectivity index (χ2v) is 9.44. The lowest BCUT2D eigenvalue weighted by Crippen LogP contribution is -2.13. The van der Waals surface area contributed by atoms with Crippen molar-refractivity contribution in [2.24, 2.45) is 0 Å². The predicted octanol–water partition coefficient (Wildman–Crippen LogP) is 7.50. The van der Waals surface area contributed by atoms with Crippen molar-refractivity contribution in [1.29, 1.82) is 5.26 Å². The molecule has 3 aromatic carbocycles. The molecule has 3 rings (SSSR count). The quantitative estimate of drug-likeness (QED) is 0.206. The van der Waals surface area contributed by atoms with Crippen LogP contribution in [0, 0.1) is 11.3 Å². The summed E-state index contributed by atoms with van der Waals surface area (Å²) in [6.45, 7) is 2.80. The Bertz CT molecular complexity index is 1200. The summed E-state index contributed by atoms with van der Waals surface area (Å²) in [6, 6.07) is 20.4. The maximum atomic E-state index is 12.6. The topological polar surface area (TPSA) is 71.3 Å². The number of carbonyl (C=O) groups excluding carboxylic acids is 1. The number of anilines is 1. The van der Waals surface area contributed by atoms with E-state index in [1.165, 1.54) is 6.08 Å². The van der Waals surface area contributed by atoms with Crippen LogP contribution in [0.4, 0.5) is 5.69 Å². The highest BCUT2D eigenvalue weighted by Crippen LogP contribution is 2.36. The number of nitrogens with one attached hydrogen (secondary N) is 1. The highest BCUT2D eigenvalue weighted by atomic mass is 79.9. The fourth-order valence-corrected chi connectivity index (χ4v) is 4.60. The van der Waals surface area contributed by atoms with Crippen LogP contribution in [0.5, 0.6) is 11.5 Å². The van der Waals surface area contributed by atoms with Crippen LogP contribution in [0.3, 0.4) is 0 Å². The van der Waals surface area contributed by atoms with Gasteiger partial charge < -0.3 is 14.8 Å². The molecule has 0 aromatic heterocycles. The molecule has 0 saturated heterocycles. The Kier molecular flexibility index (Phi) is 9.12. The summed E-state index contributed by atoms with van der Waals surface area (Å²) >= 11 is 10.5. The molecular formula is C25H19Br3N2O3. The molecule has 3 aromatic rings. The first-order valence-electron chi connectivity index (χ1n) is 9.92. The first-order valence-corrected chi connectivity index (χ1v) is 12.3. The molecule has 0 fully saturated rings. The predicted molar refractivity (Wildman–Crippen MR) is 140 cm³/mol. The molecule has 0 radical (unpaired) electrons. The van der Waals surface area contributed by atoms with Gasteiger partial charge in [-0.15, -0.1) is 0 Å². The number of nitriles is 1. The summed E-state index contributed by atoms with van der Waals surface area (Å²) in [4.78, 5) is 12.6. The smallest absolute Gasteiger partial charge is 0.266 e. The zero-order valence-corrected chi connectivity index (χ0v) is 22.3. The van der Waals surface area contributed by atoms with Gasteiger partial charge >= 0.3 is 0 Å². The Hall–Kier alpha value is -2.60. The minimum absolute atomic E-state index is 0.0286.